The van der Waals surface area contributed by atoms with Gasteiger partial charge in [0.2, 0.25) is 5.71 Å². The molecule has 0 saturated heterocycles. The molecule has 0 aliphatic rings. The molecule has 1 radical (unpaired) electrons. The van der Waals surface area contributed by atoms with E-state index in [1.807, 2.05) is 24.3 Å². The Morgan fingerprint density at radius 2 is 1.62 bits per heavy atom. The zero-order chi connectivity index (χ0) is 37.5. The van der Waals surface area contributed by atoms with Gasteiger partial charge in [-0.3, -0.25) is 0 Å². The molecule has 0 saturated carbocycles. The van der Waals surface area contributed by atoms with Crippen LogP contribution in [0.15, 0.2) is 114 Å². The van der Waals surface area contributed by atoms with Crippen molar-refractivity contribution in [2.24, 2.45) is 0 Å². The van der Waals surface area contributed by atoms with E-state index < -0.39 is 26.9 Å². The van der Waals surface area contributed by atoms with Crippen molar-refractivity contribution in [3.05, 3.63) is 150 Å². The van der Waals surface area contributed by atoms with Gasteiger partial charge in [-0.2, -0.15) is 0 Å². The molecule has 209 valence electrons. The number of nitrogens with zero attached hydrogens (tertiary/aromatic N) is 3. The zero-order valence-electron chi connectivity index (χ0n) is 33.0. The molecule has 0 unspecified atom stereocenters. The van der Waals surface area contributed by atoms with Crippen LogP contribution < -0.4 is 0 Å². The Hall–Kier alpha value is -4.44. The van der Waals surface area contributed by atoms with Crippen LogP contribution in [0.4, 0.5) is 0 Å². The molecular weight excluding hydrogens is 695 g/mol. The second-order valence-electron chi connectivity index (χ2n) is 9.06. The van der Waals surface area contributed by atoms with Crippen molar-refractivity contribution >= 4 is 22.1 Å². The molecule has 4 aromatic heterocycles. The van der Waals surface area contributed by atoms with Crippen LogP contribution in [0.5, 0.6) is 0 Å². The molecule has 7 rings (SSSR count). The first-order valence-electron chi connectivity index (χ1n) is 18.2. The van der Waals surface area contributed by atoms with Gasteiger partial charge in [-0.1, -0.05) is 65.0 Å². The van der Waals surface area contributed by atoms with Crippen LogP contribution in [0.1, 0.15) is 43.0 Å². The summed E-state index contributed by atoms with van der Waals surface area (Å²) in [7, 11) is 0. The molecule has 0 bridgehead atoms. The number of pyridine rings is 3. The maximum absolute atomic E-state index is 8.59. The largest absolute Gasteiger partial charge is 0.486 e. The van der Waals surface area contributed by atoms with E-state index >= 15 is 0 Å². The van der Waals surface area contributed by atoms with Crippen molar-refractivity contribution < 1.29 is 39.6 Å². The van der Waals surface area contributed by atoms with Gasteiger partial charge >= 0.3 is 0 Å². The molecule has 42 heavy (non-hydrogen) atoms. The monoisotopic (exact) mass is 735 g/mol. The molecule has 0 atom stereocenters. The number of fused-ring (bicyclic) bond motifs is 3. The third-order valence-corrected chi connectivity index (χ3v) is 6.25. The minimum Gasteiger partial charge on any atom is -0.486 e. The number of rotatable bonds is 4. The van der Waals surface area contributed by atoms with Crippen molar-refractivity contribution in [3.63, 3.8) is 0 Å². The van der Waals surface area contributed by atoms with Crippen LogP contribution in [0.2, 0.25) is 0 Å². The van der Waals surface area contributed by atoms with Gasteiger partial charge in [-0.05, 0) is 60.8 Å². The summed E-state index contributed by atoms with van der Waals surface area (Å²) in [6, 6.07) is 33.5. The number of aromatic nitrogens is 3. The molecule has 3 aromatic carbocycles. The summed E-state index contributed by atoms with van der Waals surface area (Å²) < 4.78 is 91.5. The van der Waals surface area contributed by atoms with Gasteiger partial charge in [0.05, 0.1) is 5.58 Å². The summed E-state index contributed by atoms with van der Waals surface area (Å²) in [5.74, 6) is 0. The quantitative estimate of drug-likeness (QED) is 0.170. The second kappa shape index (κ2) is 13.0. The van der Waals surface area contributed by atoms with E-state index in [0.717, 1.165) is 17.5 Å². The Bertz CT molecular complexity index is 2340. The molecule has 0 amide bonds. The maximum atomic E-state index is 8.59. The molecule has 0 N–H and O–H groups in total. The molecule has 0 aliphatic heterocycles. The van der Waals surface area contributed by atoms with Crippen molar-refractivity contribution in [2.45, 2.75) is 26.9 Å². The topological polar surface area (TPSA) is 51.8 Å². The Kier molecular flexibility index (Phi) is 5.64. The first-order chi connectivity index (χ1) is 24.4. The van der Waals surface area contributed by atoms with Crippen LogP contribution in [0.25, 0.3) is 44.6 Å². The Labute approximate surface area is 275 Å². The van der Waals surface area contributed by atoms with Gasteiger partial charge in [0.25, 0.3) is 0 Å². The normalized spacial score (nSPS) is 15.8. The molecule has 5 heteroatoms. The predicted molar refractivity (Wildman–Crippen MR) is 166 cm³/mol. The van der Waals surface area contributed by atoms with Gasteiger partial charge < -0.3 is 14.4 Å². The van der Waals surface area contributed by atoms with E-state index in [0.29, 0.717) is 27.5 Å². The van der Waals surface area contributed by atoms with Crippen LogP contribution in [0.3, 0.4) is 0 Å². The first-order valence-corrected chi connectivity index (χ1v) is 12.7. The third-order valence-electron chi connectivity index (χ3n) is 6.25. The molecule has 0 aliphatic carbocycles. The van der Waals surface area contributed by atoms with E-state index in [2.05, 4.69) is 27.1 Å². The molecule has 7 aromatic rings. The van der Waals surface area contributed by atoms with Crippen LogP contribution in [-0.2, 0) is 26.5 Å². The van der Waals surface area contributed by atoms with Crippen molar-refractivity contribution in [3.8, 4) is 22.5 Å². The first kappa shape index (κ1) is 18.2. The van der Waals surface area contributed by atoms with E-state index in [1.54, 1.807) is 66.7 Å². The maximum Gasteiger partial charge on any atom is 0.216 e. The summed E-state index contributed by atoms with van der Waals surface area (Å²) in [4.78, 5) is 12.8. The average Bonchev–Trinajstić information content (AvgIpc) is 3.50. The van der Waals surface area contributed by atoms with Crippen LogP contribution in [0, 0.1) is 32.7 Å². The molecule has 0 fully saturated rings. The van der Waals surface area contributed by atoms with Gasteiger partial charge in [0.1, 0.15) is 0 Å². The summed E-state index contributed by atoms with van der Waals surface area (Å²) in [5, 5.41) is 1.30. The Morgan fingerprint density at radius 1 is 0.762 bits per heavy atom. The fraction of sp³-hybridized carbons (Fsp3) is 0.108. The number of benzene rings is 3. The minimum atomic E-state index is -2.66. The smallest absolute Gasteiger partial charge is 0.216 e. The number of hydrogen-bond acceptors (Lipinski definition) is 4. The SMILES string of the molecule is [2H]C([2H])([2H])c1ccc(-c2[c-]cccc2)nc1.[2H]C([2H])([2H])c1cnc(-c2[c-]ccc3c2oc2nc(C([2H])([2H])c4ccccc4)ccc23)cc1C([2H])([2H])[2H].[Ir]. The van der Waals surface area contributed by atoms with E-state index in [1.165, 1.54) is 12.3 Å². The molecule has 4 nitrogen and oxygen atoms in total. The molecule has 4 heterocycles. The Morgan fingerprint density at radius 3 is 2.38 bits per heavy atom. The van der Waals surface area contributed by atoms with E-state index in [4.69, 9.17) is 19.5 Å². The number of hydrogen-bond donors (Lipinski definition) is 0. The second-order valence-corrected chi connectivity index (χ2v) is 9.06. The predicted octanol–water partition coefficient (Wildman–Crippen LogP) is 8.91. The minimum absolute atomic E-state index is 0. The van der Waals surface area contributed by atoms with Crippen molar-refractivity contribution in [2.75, 3.05) is 0 Å². The van der Waals surface area contributed by atoms with Gasteiger partial charge in [-0.15, -0.1) is 54.1 Å². The van der Waals surface area contributed by atoms with Crippen molar-refractivity contribution in [1.82, 2.24) is 15.0 Å². The third kappa shape index (κ3) is 6.38. The fourth-order valence-corrected chi connectivity index (χ4v) is 4.25. The summed E-state index contributed by atoms with van der Waals surface area (Å²) in [5.41, 5.74) is 2.91. The zero-order valence-corrected chi connectivity index (χ0v) is 24.4. The van der Waals surface area contributed by atoms with Gasteiger partial charge in [0, 0.05) is 65.0 Å². The standard InChI is InChI=1S/C25H19N2O.C12H10N.Ir/c1-16-13-23(26-15-17(16)2)22-10-6-9-20-21-12-11-19(27-25(21)28-24(20)22)14-18-7-4-3-5-8-18;1-10-7-8-12(13-9-10)11-5-3-2-4-6-11;/h3-9,11-13,15H,14H2,1-2H3;2-5,7-9H,1H3;/q2*-1;/i1D3,2D3,14D2;1D3;. The van der Waals surface area contributed by atoms with Crippen LogP contribution >= 0.6 is 0 Å². The Balaban J connectivity index is 0.000000267. The average molecular weight is 735 g/mol. The van der Waals surface area contributed by atoms with Crippen molar-refractivity contribution in [1.29, 1.82) is 0 Å². The van der Waals surface area contributed by atoms with E-state index in [9.17, 15) is 0 Å². The van der Waals surface area contributed by atoms with Crippen LogP contribution in [-0.4, -0.2) is 15.0 Å². The molecule has 0 spiro atoms. The van der Waals surface area contributed by atoms with Gasteiger partial charge in [-0.25, -0.2) is 4.98 Å². The van der Waals surface area contributed by atoms with E-state index in [-0.39, 0.29) is 53.9 Å². The summed E-state index contributed by atoms with van der Waals surface area (Å²) >= 11 is 0. The molecular formula is C37H29IrN3O-2. The van der Waals surface area contributed by atoms with Gasteiger partial charge in [0.15, 0.2) is 0 Å². The summed E-state index contributed by atoms with van der Waals surface area (Å²) in [6.45, 7) is -7.39. The number of furan rings is 1. The summed E-state index contributed by atoms with van der Waals surface area (Å²) in [6.07, 6.45) is 0.595. The fourth-order valence-electron chi connectivity index (χ4n) is 4.25. The number of aryl methyl sites for hydroxylation is 3.